The summed E-state index contributed by atoms with van der Waals surface area (Å²) in [6.07, 6.45) is 0. The zero-order valence-electron chi connectivity index (χ0n) is 13.8. The van der Waals surface area contributed by atoms with Crippen molar-refractivity contribution in [3.8, 4) is 17.1 Å². The SMILES string of the molecule is COc1ccc(-c2nnc3c(C)cc(N4CCOCC4)nn23)cc1. The summed E-state index contributed by atoms with van der Waals surface area (Å²) in [6, 6.07) is 9.82. The smallest absolute Gasteiger partial charge is 0.185 e. The van der Waals surface area contributed by atoms with Crippen LogP contribution in [0.4, 0.5) is 5.82 Å². The van der Waals surface area contributed by atoms with Crippen molar-refractivity contribution >= 4 is 11.5 Å². The van der Waals surface area contributed by atoms with E-state index >= 15 is 0 Å². The average molecular weight is 325 g/mol. The number of benzene rings is 1. The topological polar surface area (TPSA) is 64.8 Å². The highest BCUT2D eigenvalue weighted by Crippen LogP contribution is 2.24. The minimum Gasteiger partial charge on any atom is -0.497 e. The van der Waals surface area contributed by atoms with Crippen LogP contribution in [0.5, 0.6) is 5.75 Å². The molecule has 7 nitrogen and oxygen atoms in total. The highest BCUT2D eigenvalue weighted by Gasteiger charge is 2.17. The van der Waals surface area contributed by atoms with Gasteiger partial charge in [-0.3, -0.25) is 0 Å². The van der Waals surface area contributed by atoms with Crippen LogP contribution in [0.25, 0.3) is 17.0 Å². The van der Waals surface area contributed by atoms with Gasteiger partial charge in [0.2, 0.25) is 0 Å². The largest absolute Gasteiger partial charge is 0.497 e. The van der Waals surface area contributed by atoms with E-state index in [1.807, 2.05) is 35.7 Å². The van der Waals surface area contributed by atoms with E-state index in [2.05, 4.69) is 21.2 Å². The lowest BCUT2D eigenvalue weighted by atomic mass is 10.2. The van der Waals surface area contributed by atoms with Crippen LogP contribution in [0.3, 0.4) is 0 Å². The molecule has 1 saturated heterocycles. The van der Waals surface area contributed by atoms with Crippen molar-refractivity contribution in [1.29, 1.82) is 0 Å². The molecule has 0 radical (unpaired) electrons. The third kappa shape index (κ3) is 2.56. The molecule has 2 aromatic heterocycles. The molecule has 24 heavy (non-hydrogen) atoms. The Hall–Kier alpha value is -2.67. The van der Waals surface area contributed by atoms with Gasteiger partial charge in [0.25, 0.3) is 0 Å². The molecule has 4 rings (SSSR count). The van der Waals surface area contributed by atoms with Gasteiger partial charge < -0.3 is 14.4 Å². The zero-order chi connectivity index (χ0) is 16.5. The maximum absolute atomic E-state index is 5.43. The van der Waals surface area contributed by atoms with E-state index in [1.54, 1.807) is 7.11 Å². The second kappa shape index (κ2) is 6.09. The number of fused-ring (bicyclic) bond motifs is 1. The Labute approximate surface area is 139 Å². The highest BCUT2D eigenvalue weighted by atomic mass is 16.5. The fraction of sp³-hybridized carbons (Fsp3) is 0.353. The van der Waals surface area contributed by atoms with Crippen LogP contribution in [0, 0.1) is 6.92 Å². The Kier molecular flexibility index (Phi) is 3.78. The van der Waals surface area contributed by atoms with Crippen LogP contribution in [-0.2, 0) is 4.74 Å². The molecule has 0 aliphatic carbocycles. The highest BCUT2D eigenvalue weighted by molar-refractivity contribution is 5.62. The van der Waals surface area contributed by atoms with Crippen LogP contribution >= 0.6 is 0 Å². The van der Waals surface area contributed by atoms with Gasteiger partial charge in [0.1, 0.15) is 11.6 Å². The first-order valence-corrected chi connectivity index (χ1v) is 7.96. The number of anilines is 1. The summed E-state index contributed by atoms with van der Waals surface area (Å²) < 4.78 is 12.5. The molecule has 0 atom stereocenters. The van der Waals surface area contributed by atoms with Crippen molar-refractivity contribution in [2.24, 2.45) is 0 Å². The van der Waals surface area contributed by atoms with Gasteiger partial charge in [0.15, 0.2) is 11.5 Å². The first-order valence-electron chi connectivity index (χ1n) is 7.96. The van der Waals surface area contributed by atoms with Gasteiger partial charge in [-0.25, -0.2) is 0 Å². The Bertz CT molecular complexity index is 853. The Morgan fingerprint density at radius 1 is 1.08 bits per heavy atom. The third-order valence-corrected chi connectivity index (χ3v) is 4.22. The minimum atomic E-state index is 0.728. The fourth-order valence-corrected chi connectivity index (χ4v) is 2.88. The summed E-state index contributed by atoms with van der Waals surface area (Å²) in [6.45, 7) is 5.18. The first-order chi connectivity index (χ1) is 11.8. The molecule has 1 aromatic carbocycles. The lowest BCUT2D eigenvalue weighted by Gasteiger charge is -2.27. The van der Waals surface area contributed by atoms with Gasteiger partial charge in [0, 0.05) is 18.7 Å². The third-order valence-electron chi connectivity index (χ3n) is 4.22. The van der Waals surface area contributed by atoms with E-state index in [4.69, 9.17) is 14.6 Å². The summed E-state index contributed by atoms with van der Waals surface area (Å²) in [7, 11) is 1.65. The molecule has 0 unspecified atom stereocenters. The van der Waals surface area contributed by atoms with Gasteiger partial charge in [-0.15, -0.1) is 15.3 Å². The van der Waals surface area contributed by atoms with Gasteiger partial charge in [-0.05, 0) is 42.8 Å². The molecule has 0 spiro atoms. The monoisotopic (exact) mass is 325 g/mol. The Balaban J connectivity index is 1.79. The number of rotatable bonds is 3. The predicted octanol–water partition coefficient (Wildman–Crippen LogP) is 1.94. The van der Waals surface area contributed by atoms with E-state index in [0.29, 0.717) is 0 Å². The lowest BCUT2D eigenvalue weighted by Crippen LogP contribution is -2.37. The van der Waals surface area contributed by atoms with Crippen LogP contribution in [-0.4, -0.2) is 53.2 Å². The van der Waals surface area contributed by atoms with E-state index in [1.165, 1.54) is 0 Å². The van der Waals surface area contributed by atoms with Gasteiger partial charge in [0.05, 0.1) is 20.3 Å². The normalized spacial score (nSPS) is 15.0. The van der Waals surface area contributed by atoms with Crippen LogP contribution in [0.2, 0.25) is 0 Å². The summed E-state index contributed by atoms with van der Waals surface area (Å²) in [5, 5.41) is 13.4. The van der Waals surface area contributed by atoms with E-state index < -0.39 is 0 Å². The van der Waals surface area contributed by atoms with Gasteiger partial charge in [-0.1, -0.05) is 0 Å². The van der Waals surface area contributed by atoms with E-state index in [-0.39, 0.29) is 0 Å². The number of methoxy groups -OCH3 is 1. The predicted molar refractivity (Wildman–Crippen MR) is 90.5 cm³/mol. The van der Waals surface area contributed by atoms with Gasteiger partial charge in [-0.2, -0.15) is 4.52 Å². The molecule has 124 valence electrons. The Morgan fingerprint density at radius 3 is 2.54 bits per heavy atom. The average Bonchev–Trinajstić information content (AvgIpc) is 3.07. The Morgan fingerprint density at radius 2 is 1.83 bits per heavy atom. The second-order valence-corrected chi connectivity index (χ2v) is 5.77. The van der Waals surface area contributed by atoms with Crippen molar-refractivity contribution in [3.63, 3.8) is 0 Å². The molecule has 0 amide bonds. The van der Waals surface area contributed by atoms with Crippen LogP contribution < -0.4 is 9.64 Å². The molecule has 0 saturated carbocycles. The van der Waals surface area contributed by atoms with E-state index in [0.717, 1.165) is 60.5 Å². The van der Waals surface area contributed by atoms with Crippen LogP contribution in [0.1, 0.15) is 5.56 Å². The second-order valence-electron chi connectivity index (χ2n) is 5.77. The number of hydrogen-bond acceptors (Lipinski definition) is 6. The van der Waals surface area contributed by atoms with Crippen LogP contribution in [0.15, 0.2) is 30.3 Å². The quantitative estimate of drug-likeness (QED) is 0.733. The summed E-state index contributed by atoms with van der Waals surface area (Å²) in [4.78, 5) is 2.23. The van der Waals surface area contributed by atoms with Crippen molar-refractivity contribution in [2.75, 3.05) is 38.3 Å². The molecular formula is C17H19N5O2. The number of hydrogen-bond donors (Lipinski definition) is 0. The van der Waals surface area contributed by atoms with Crippen molar-refractivity contribution in [2.45, 2.75) is 6.92 Å². The number of morpholine rings is 1. The molecule has 3 aromatic rings. The van der Waals surface area contributed by atoms with Crippen molar-refractivity contribution < 1.29 is 9.47 Å². The molecule has 3 heterocycles. The minimum absolute atomic E-state index is 0.728. The molecule has 7 heteroatoms. The summed E-state index contributed by atoms with van der Waals surface area (Å²) >= 11 is 0. The van der Waals surface area contributed by atoms with Crippen molar-refractivity contribution in [1.82, 2.24) is 19.8 Å². The number of ether oxygens (including phenoxy) is 2. The number of aromatic nitrogens is 4. The maximum Gasteiger partial charge on any atom is 0.185 e. The first kappa shape index (κ1) is 14.9. The molecule has 1 fully saturated rings. The molecule has 1 aliphatic rings. The standard InChI is InChI=1S/C17H19N5O2/c1-12-11-15(21-7-9-24-10-8-21)20-22-16(12)18-19-17(22)13-3-5-14(23-2)6-4-13/h3-6,11H,7-10H2,1-2H3. The van der Waals surface area contributed by atoms with Crippen molar-refractivity contribution in [3.05, 3.63) is 35.9 Å². The summed E-state index contributed by atoms with van der Waals surface area (Å²) in [5.74, 6) is 2.47. The van der Waals surface area contributed by atoms with E-state index in [9.17, 15) is 0 Å². The maximum atomic E-state index is 5.43. The zero-order valence-corrected chi connectivity index (χ0v) is 13.8. The summed E-state index contributed by atoms with van der Waals surface area (Å²) in [5.41, 5.74) is 2.78. The van der Waals surface area contributed by atoms with Gasteiger partial charge >= 0.3 is 0 Å². The number of nitrogens with zero attached hydrogens (tertiary/aromatic N) is 5. The molecule has 0 N–H and O–H groups in total. The molecule has 0 bridgehead atoms. The molecule has 1 aliphatic heterocycles. The fourth-order valence-electron chi connectivity index (χ4n) is 2.88. The lowest BCUT2D eigenvalue weighted by molar-refractivity contribution is 0.122. The number of aryl methyl sites for hydroxylation is 1. The molecular weight excluding hydrogens is 306 g/mol.